The zero-order valence-electron chi connectivity index (χ0n) is 10.6. The predicted octanol–water partition coefficient (Wildman–Crippen LogP) is 2.17. The molecule has 2 aromatic rings. The van der Waals surface area contributed by atoms with Gasteiger partial charge in [-0.2, -0.15) is 0 Å². The second kappa shape index (κ2) is 5.60. The predicted molar refractivity (Wildman–Crippen MR) is 71.2 cm³/mol. The first-order valence-corrected chi connectivity index (χ1v) is 5.91. The van der Waals surface area contributed by atoms with Gasteiger partial charge in [-0.1, -0.05) is 6.07 Å². The summed E-state index contributed by atoms with van der Waals surface area (Å²) in [5.74, 6) is 0.810. The van der Waals surface area contributed by atoms with Gasteiger partial charge in [0.15, 0.2) is 0 Å². The third-order valence-corrected chi connectivity index (χ3v) is 2.80. The zero-order chi connectivity index (χ0) is 13.0. The lowest BCUT2D eigenvalue weighted by Gasteiger charge is -2.22. The van der Waals surface area contributed by atoms with Crippen LogP contribution in [0.1, 0.15) is 24.2 Å². The number of hydrogen-bond acceptors (Lipinski definition) is 4. The average molecular weight is 243 g/mol. The van der Waals surface area contributed by atoms with Gasteiger partial charge in [-0.05, 0) is 30.7 Å². The largest absolute Gasteiger partial charge is 0.389 e. The Labute approximate surface area is 107 Å². The standard InChI is InChI=1S/C14H17N3O/c1-11(18)13-4-3-7-16-14(13)17(2)10-12-5-8-15-9-6-12/h3-9,11,18H,10H2,1-2H3. The van der Waals surface area contributed by atoms with Gasteiger partial charge in [0, 0.05) is 37.7 Å². The molecule has 0 aliphatic rings. The Morgan fingerprint density at radius 1 is 1.22 bits per heavy atom. The molecule has 0 radical (unpaired) electrons. The molecule has 2 heterocycles. The first kappa shape index (κ1) is 12.5. The van der Waals surface area contributed by atoms with Crippen LogP contribution in [0.5, 0.6) is 0 Å². The maximum absolute atomic E-state index is 9.74. The van der Waals surface area contributed by atoms with Crippen molar-refractivity contribution in [1.29, 1.82) is 0 Å². The van der Waals surface area contributed by atoms with Gasteiger partial charge < -0.3 is 10.0 Å². The van der Waals surface area contributed by atoms with Gasteiger partial charge >= 0.3 is 0 Å². The molecule has 0 amide bonds. The number of anilines is 1. The fraction of sp³-hybridized carbons (Fsp3) is 0.286. The molecule has 2 rings (SSSR count). The van der Waals surface area contributed by atoms with E-state index < -0.39 is 6.10 Å². The summed E-state index contributed by atoms with van der Waals surface area (Å²) in [5, 5.41) is 9.74. The van der Waals surface area contributed by atoms with E-state index in [4.69, 9.17) is 0 Å². The van der Waals surface area contributed by atoms with Crippen LogP contribution >= 0.6 is 0 Å². The van der Waals surface area contributed by atoms with Crippen LogP contribution in [-0.2, 0) is 6.54 Å². The summed E-state index contributed by atoms with van der Waals surface area (Å²) < 4.78 is 0. The van der Waals surface area contributed by atoms with Crippen molar-refractivity contribution in [2.45, 2.75) is 19.6 Å². The lowest BCUT2D eigenvalue weighted by Crippen LogP contribution is -2.20. The summed E-state index contributed by atoms with van der Waals surface area (Å²) in [6.45, 7) is 2.49. The maximum Gasteiger partial charge on any atom is 0.134 e. The summed E-state index contributed by atoms with van der Waals surface area (Å²) in [4.78, 5) is 10.4. The molecule has 0 spiro atoms. The number of nitrogens with zero attached hydrogens (tertiary/aromatic N) is 3. The summed E-state index contributed by atoms with van der Waals surface area (Å²) >= 11 is 0. The Kier molecular flexibility index (Phi) is 3.89. The molecule has 1 atom stereocenters. The van der Waals surface area contributed by atoms with Gasteiger partial charge in [0.25, 0.3) is 0 Å². The van der Waals surface area contributed by atoms with E-state index >= 15 is 0 Å². The van der Waals surface area contributed by atoms with Crippen LogP contribution in [0.25, 0.3) is 0 Å². The van der Waals surface area contributed by atoms with Crippen molar-refractivity contribution in [3.8, 4) is 0 Å². The van der Waals surface area contributed by atoms with Crippen LogP contribution in [-0.4, -0.2) is 22.1 Å². The molecule has 1 unspecified atom stereocenters. The second-order valence-electron chi connectivity index (χ2n) is 4.30. The van der Waals surface area contributed by atoms with E-state index in [9.17, 15) is 5.11 Å². The second-order valence-corrected chi connectivity index (χ2v) is 4.30. The fourth-order valence-corrected chi connectivity index (χ4v) is 1.89. The van der Waals surface area contributed by atoms with Crippen LogP contribution in [0.2, 0.25) is 0 Å². The highest BCUT2D eigenvalue weighted by molar-refractivity contribution is 5.47. The van der Waals surface area contributed by atoms with Gasteiger partial charge in [-0.3, -0.25) is 4.98 Å². The number of hydrogen-bond donors (Lipinski definition) is 1. The number of aliphatic hydroxyl groups is 1. The van der Waals surface area contributed by atoms with Crippen molar-refractivity contribution in [3.63, 3.8) is 0 Å². The van der Waals surface area contributed by atoms with Crippen LogP contribution in [0.3, 0.4) is 0 Å². The van der Waals surface area contributed by atoms with E-state index in [1.807, 2.05) is 36.2 Å². The number of pyridine rings is 2. The van der Waals surface area contributed by atoms with Gasteiger partial charge in [-0.15, -0.1) is 0 Å². The first-order valence-electron chi connectivity index (χ1n) is 5.91. The van der Waals surface area contributed by atoms with Crippen molar-refractivity contribution in [3.05, 3.63) is 54.0 Å². The highest BCUT2D eigenvalue weighted by atomic mass is 16.3. The molecule has 0 bridgehead atoms. The van der Waals surface area contributed by atoms with Crippen LogP contribution in [0, 0.1) is 0 Å². The third-order valence-electron chi connectivity index (χ3n) is 2.80. The normalized spacial score (nSPS) is 12.2. The van der Waals surface area contributed by atoms with Crippen LogP contribution in [0.15, 0.2) is 42.9 Å². The Bertz CT molecular complexity index is 499. The van der Waals surface area contributed by atoms with Gasteiger partial charge in [0.05, 0.1) is 6.10 Å². The van der Waals surface area contributed by atoms with E-state index in [0.29, 0.717) is 0 Å². The minimum absolute atomic E-state index is 0.520. The minimum atomic E-state index is -0.520. The molecule has 4 heteroatoms. The van der Waals surface area contributed by atoms with Crippen LogP contribution in [0.4, 0.5) is 5.82 Å². The molecule has 0 aliphatic carbocycles. The summed E-state index contributed by atoms with van der Waals surface area (Å²) in [7, 11) is 1.97. The molecule has 94 valence electrons. The van der Waals surface area contributed by atoms with Gasteiger partial charge in [0.2, 0.25) is 0 Å². The summed E-state index contributed by atoms with van der Waals surface area (Å²) in [5.41, 5.74) is 2.00. The average Bonchev–Trinajstić information content (AvgIpc) is 2.40. The van der Waals surface area contributed by atoms with Crippen molar-refractivity contribution in [2.24, 2.45) is 0 Å². The van der Waals surface area contributed by atoms with Crippen molar-refractivity contribution >= 4 is 5.82 Å². The van der Waals surface area contributed by atoms with Gasteiger partial charge in [0.1, 0.15) is 5.82 Å². The van der Waals surface area contributed by atoms with Crippen molar-refractivity contribution in [2.75, 3.05) is 11.9 Å². The van der Waals surface area contributed by atoms with Crippen LogP contribution < -0.4 is 4.90 Å². The number of aromatic nitrogens is 2. The van der Waals surface area contributed by atoms with Crippen molar-refractivity contribution in [1.82, 2.24) is 9.97 Å². The van der Waals surface area contributed by atoms with E-state index in [0.717, 1.165) is 23.5 Å². The molecular weight excluding hydrogens is 226 g/mol. The Morgan fingerprint density at radius 3 is 2.61 bits per heavy atom. The molecule has 1 N–H and O–H groups in total. The Hall–Kier alpha value is -1.94. The van der Waals surface area contributed by atoms with E-state index in [1.54, 1.807) is 25.5 Å². The molecule has 0 aromatic carbocycles. The molecule has 4 nitrogen and oxygen atoms in total. The summed E-state index contributed by atoms with van der Waals surface area (Å²) in [6, 6.07) is 7.69. The van der Waals surface area contributed by atoms with Gasteiger partial charge in [-0.25, -0.2) is 4.98 Å². The molecule has 18 heavy (non-hydrogen) atoms. The lowest BCUT2D eigenvalue weighted by molar-refractivity contribution is 0.199. The third kappa shape index (κ3) is 2.84. The quantitative estimate of drug-likeness (QED) is 0.894. The monoisotopic (exact) mass is 243 g/mol. The molecular formula is C14H17N3O. The van der Waals surface area contributed by atoms with E-state index in [-0.39, 0.29) is 0 Å². The smallest absolute Gasteiger partial charge is 0.134 e. The number of rotatable bonds is 4. The molecule has 2 aromatic heterocycles. The van der Waals surface area contributed by atoms with E-state index in [2.05, 4.69) is 9.97 Å². The molecule has 0 saturated heterocycles. The fourth-order valence-electron chi connectivity index (χ4n) is 1.89. The van der Waals surface area contributed by atoms with Crippen molar-refractivity contribution < 1.29 is 5.11 Å². The SMILES string of the molecule is CC(O)c1cccnc1N(C)Cc1ccncc1. The lowest BCUT2D eigenvalue weighted by atomic mass is 10.1. The minimum Gasteiger partial charge on any atom is -0.389 e. The topological polar surface area (TPSA) is 49.3 Å². The number of aliphatic hydroxyl groups excluding tert-OH is 1. The maximum atomic E-state index is 9.74. The highest BCUT2D eigenvalue weighted by Gasteiger charge is 2.12. The zero-order valence-corrected chi connectivity index (χ0v) is 10.6. The first-order chi connectivity index (χ1) is 8.68. The molecule has 0 saturated carbocycles. The molecule has 0 aliphatic heterocycles. The highest BCUT2D eigenvalue weighted by Crippen LogP contribution is 2.23. The summed E-state index contributed by atoms with van der Waals surface area (Å²) in [6.07, 6.45) is 4.77. The Morgan fingerprint density at radius 2 is 1.94 bits per heavy atom. The molecule has 0 fully saturated rings. The Balaban J connectivity index is 2.21. The van der Waals surface area contributed by atoms with E-state index in [1.165, 1.54) is 0 Å².